The number of nitrogens with zero attached hydrogens (tertiary/aromatic N) is 2. The molecule has 1 N–H and O–H groups in total. The molecule has 2 aliphatic heterocycles. The van der Waals surface area contributed by atoms with Crippen LogP contribution >= 0.6 is 0 Å². The van der Waals surface area contributed by atoms with Crippen molar-refractivity contribution in [1.82, 2.24) is 9.80 Å². The molecule has 0 spiro atoms. The van der Waals surface area contributed by atoms with Crippen molar-refractivity contribution in [2.45, 2.75) is 194 Å². The predicted octanol–water partition coefficient (Wildman–Crippen LogP) is 8.71. The lowest BCUT2D eigenvalue weighted by Gasteiger charge is -2.53. The second-order valence-corrected chi connectivity index (χ2v) is 19.8. The van der Waals surface area contributed by atoms with Crippen molar-refractivity contribution in [2.24, 2.45) is 5.41 Å². The zero-order chi connectivity index (χ0) is 37.1. The van der Waals surface area contributed by atoms with Crippen LogP contribution in [-0.2, 0) is 36.3 Å². The van der Waals surface area contributed by atoms with Crippen molar-refractivity contribution in [2.75, 3.05) is 14.1 Å². The average molecular weight is 671 g/mol. The third-order valence-electron chi connectivity index (χ3n) is 11.8. The van der Waals surface area contributed by atoms with Crippen molar-refractivity contribution in [3.05, 3.63) is 28.8 Å². The summed E-state index contributed by atoms with van der Waals surface area (Å²) in [5.74, 6) is -0.717. The van der Waals surface area contributed by atoms with Gasteiger partial charge < -0.3 is 14.6 Å². The Hall–Kier alpha value is -2.12. The van der Waals surface area contributed by atoms with Gasteiger partial charge in [0.25, 0.3) is 0 Å². The number of carbonyl (C=O) groups is 2. The van der Waals surface area contributed by atoms with Gasteiger partial charge in [0, 0.05) is 47.8 Å². The van der Waals surface area contributed by atoms with Crippen molar-refractivity contribution < 1.29 is 24.2 Å². The molecule has 0 radical (unpaired) electrons. The Morgan fingerprint density at radius 2 is 1.02 bits per heavy atom. The van der Waals surface area contributed by atoms with E-state index in [0.717, 1.165) is 16.7 Å². The van der Waals surface area contributed by atoms with E-state index in [1.165, 1.54) is 0 Å². The summed E-state index contributed by atoms with van der Waals surface area (Å²) >= 11 is 0. The third kappa shape index (κ3) is 8.25. The third-order valence-corrected chi connectivity index (χ3v) is 11.8. The minimum atomic E-state index is -1.54. The molecule has 1 aromatic rings. The van der Waals surface area contributed by atoms with Crippen molar-refractivity contribution in [3.63, 3.8) is 0 Å². The maximum atomic E-state index is 14.9. The van der Waals surface area contributed by atoms with Gasteiger partial charge in [-0.1, -0.05) is 67.0 Å². The molecule has 0 saturated carbocycles. The molecule has 0 atom stereocenters. The molecule has 1 aromatic carbocycles. The molecule has 0 unspecified atom stereocenters. The molecule has 7 heteroatoms. The molecule has 0 aromatic heterocycles. The molecule has 48 heavy (non-hydrogen) atoms. The summed E-state index contributed by atoms with van der Waals surface area (Å²) in [6, 6.07) is 3.97. The van der Waals surface area contributed by atoms with E-state index < -0.39 is 17.4 Å². The van der Waals surface area contributed by atoms with Crippen LogP contribution in [0.25, 0.3) is 0 Å². The molecular weight excluding hydrogens is 600 g/mol. The van der Waals surface area contributed by atoms with Gasteiger partial charge in [0.2, 0.25) is 0 Å². The monoisotopic (exact) mass is 671 g/mol. The number of hydrogen-bond donors (Lipinski definition) is 1. The van der Waals surface area contributed by atoms with Crippen molar-refractivity contribution in [1.29, 1.82) is 0 Å². The number of aromatic hydroxyl groups is 1. The highest BCUT2D eigenvalue weighted by Crippen LogP contribution is 2.45. The molecule has 0 amide bonds. The van der Waals surface area contributed by atoms with Crippen LogP contribution in [0.4, 0.5) is 0 Å². The molecule has 7 nitrogen and oxygen atoms in total. The Morgan fingerprint density at radius 3 is 1.29 bits per heavy atom. The maximum Gasteiger partial charge on any atom is 0.324 e. The molecule has 3 rings (SSSR count). The van der Waals surface area contributed by atoms with Gasteiger partial charge in [-0.25, -0.2) is 0 Å². The summed E-state index contributed by atoms with van der Waals surface area (Å²) < 4.78 is 13.0. The number of piperidine rings is 2. The molecule has 0 aliphatic carbocycles. The maximum absolute atomic E-state index is 14.9. The summed E-state index contributed by atoms with van der Waals surface area (Å²) in [6.07, 6.45) is 3.09. The van der Waals surface area contributed by atoms with Gasteiger partial charge in [0.05, 0.1) is 0 Å². The fraction of sp³-hybridized carbons (Fsp3) is 0.805. The molecular formula is C41H70N2O5. The van der Waals surface area contributed by atoms with Crippen LogP contribution in [-0.4, -0.2) is 75.3 Å². The van der Waals surface area contributed by atoms with E-state index in [4.69, 9.17) is 9.47 Å². The smallest absolute Gasteiger partial charge is 0.324 e. The molecule has 2 aliphatic rings. The minimum Gasteiger partial charge on any atom is -0.507 e. The number of carbonyl (C=O) groups excluding carboxylic acids is 2. The average Bonchev–Trinajstić information content (AvgIpc) is 2.88. The summed E-state index contributed by atoms with van der Waals surface area (Å²) in [5.41, 5.74) is -0.569. The first-order chi connectivity index (χ1) is 21.5. The minimum absolute atomic E-state index is 0.143. The Kier molecular flexibility index (Phi) is 11.1. The second-order valence-electron chi connectivity index (χ2n) is 19.8. The number of ether oxygens (including phenoxy) is 2. The molecule has 274 valence electrons. The Morgan fingerprint density at radius 1 is 0.708 bits per heavy atom. The second kappa shape index (κ2) is 13.2. The number of phenols is 1. The number of esters is 2. The highest BCUT2D eigenvalue weighted by molar-refractivity contribution is 6.00. The van der Waals surface area contributed by atoms with Crippen molar-refractivity contribution >= 4 is 11.9 Å². The number of hydrogen-bond acceptors (Lipinski definition) is 7. The SMILES string of the molecule is CCCC(Cc1cc(C(C)(C)C)c(O)c(C(C)(C)C)c1)(C(=O)OC1CC(C)(C)N(C)C(C)(C)C1)C(=O)OC1CC(C)(C)N(C)C(C)(C)C1. The van der Waals surface area contributed by atoms with Crippen LogP contribution < -0.4 is 0 Å². The van der Waals surface area contributed by atoms with Crippen LogP contribution in [0, 0.1) is 5.41 Å². The molecule has 2 fully saturated rings. The lowest BCUT2D eigenvalue weighted by molar-refractivity contribution is -0.188. The Bertz CT molecular complexity index is 1220. The lowest BCUT2D eigenvalue weighted by Crippen LogP contribution is -2.61. The summed E-state index contributed by atoms with van der Waals surface area (Å²) in [6.45, 7) is 32.0. The van der Waals surface area contributed by atoms with Gasteiger partial charge in [-0.05, 0) is 110 Å². The highest BCUT2D eigenvalue weighted by atomic mass is 16.6. The summed E-state index contributed by atoms with van der Waals surface area (Å²) in [7, 11) is 4.26. The fourth-order valence-corrected chi connectivity index (χ4v) is 8.49. The van der Waals surface area contributed by atoms with E-state index in [0.29, 0.717) is 38.5 Å². The Labute approximate surface area is 293 Å². The first kappa shape index (κ1) is 40.3. The topological polar surface area (TPSA) is 79.3 Å². The molecule has 2 saturated heterocycles. The fourth-order valence-electron chi connectivity index (χ4n) is 8.49. The number of phenolic OH excluding ortho intramolecular Hbond substituents is 1. The van der Waals surface area contributed by atoms with E-state index in [1.807, 2.05) is 19.1 Å². The zero-order valence-electron chi connectivity index (χ0n) is 33.7. The van der Waals surface area contributed by atoms with E-state index >= 15 is 0 Å². The quantitative estimate of drug-likeness (QED) is 0.219. The van der Waals surface area contributed by atoms with E-state index in [9.17, 15) is 14.7 Å². The van der Waals surface area contributed by atoms with Gasteiger partial charge >= 0.3 is 11.9 Å². The largest absolute Gasteiger partial charge is 0.507 e. The van der Waals surface area contributed by atoms with Gasteiger partial charge in [-0.15, -0.1) is 0 Å². The highest BCUT2D eigenvalue weighted by Gasteiger charge is 2.53. The van der Waals surface area contributed by atoms with Crippen LogP contribution in [0.15, 0.2) is 12.1 Å². The van der Waals surface area contributed by atoms with Gasteiger partial charge in [-0.3, -0.25) is 19.4 Å². The Balaban J connectivity index is 2.17. The zero-order valence-corrected chi connectivity index (χ0v) is 33.7. The first-order valence-corrected chi connectivity index (χ1v) is 18.3. The van der Waals surface area contributed by atoms with E-state index in [1.54, 1.807) is 0 Å². The number of likely N-dealkylation sites (tertiary alicyclic amines) is 2. The van der Waals surface area contributed by atoms with Gasteiger partial charge in [0.15, 0.2) is 5.41 Å². The van der Waals surface area contributed by atoms with E-state index in [2.05, 4.69) is 121 Å². The van der Waals surface area contributed by atoms with Gasteiger partial charge in [-0.2, -0.15) is 0 Å². The van der Waals surface area contributed by atoms with Crippen molar-refractivity contribution in [3.8, 4) is 5.75 Å². The molecule has 0 bridgehead atoms. The number of rotatable bonds is 8. The summed E-state index contributed by atoms with van der Waals surface area (Å²) in [4.78, 5) is 34.4. The standard InChI is InChI=1S/C41H70N2O5/c1-18-19-41(33(45)47-28-23-37(8,9)42(16)38(10,11)24-28,34(46)48-29-25-39(12,13)43(17)40(14,15)26-29)22-27-20-30(35(2,3)4)32(44)31(21-27)36(5,6)7/h20-21,28-29,44H,18-19,22-26H2,1-17H3. The van der Waals surface area contributed by atoms with Crippen LogP contribution in [0.1, 0.15) is 159 Å². The first-order valence-electron chi connectivity index (χ1n) is 18.3. The molecule has 2 heterocycles. The lowest BCUT2D eigenvalue weighted by atomic mass is 9.73. The van der Waals surface area contributed by atoms with Crippen LogP contribution in [0.2, 0.25) is 0 Å². The predicted molar refractivity (Wildman–Crippen MR) is 197 cm³/mol. The summed E-state index contributed by atoms with van der Waals surface area (Å²) in [5, 5.41) is 11.5. The van der Waals surface area contributed by atoms with Crippen LogP contribution in [0.5, 0.6) is 5.75 Å². The number of benzene rings is 1. The normalized spacial score (nSPS) is 22.4. The van der Waals surface area contributed by atoms with Crippen LogP contribution in [0.3, 0.4) is 0 Å². The van der Waals surface area contributed by atoms with Gasteiger partial charge in [0.1, 0.15) is 18.0 Å². The van der Waals surface area contributed by atoms with E-state index in [-0.39, 0.29) is 57.4 Å².